The number of hydrogen-bond donors (Lipinski definition) is 4. The third kappa shape index (κ3) is 5.85. The molecule has 1 aliphatic heterocycles. The molecule has 22 heavy (non-hydrogen) atoms. The van der Waals surface area contributed by atoms with Gasteiger partial charge in [0, 0.05) is 20.0 Å². The summed E-state index contributed by atoms with van der Waals surface area (Å²) in [6.07, 6.45) is -3.51. The van der Waals surface area contributed by atoms with Gasteiger partial charge >= 0.3 is 11.9 Å². The number of aliphatic hydroxyl groups is 2. The zero-order valence-corrected chi connectivity index (χ0v) is 12.4. The molecule has 1 saturated heterocycles. The molecule has 128 valence electrons. The fourth-order valence-corrected chi connectivity index (χ4v) is 2.02. The normalized spacial score (nSPS) is 31.7. The molecule has 1 fully saturated rings. The van der Waals surface area contributed by atoms with E-state index in [0.717, 1.165) is 0 Å². The van der Waals surface area contributed by atoms with Gasteiger partial charge in [-0.2, -0.15) is 0 Å². The number of unbranched alkanes of at least 4 members (excludes halogenated alkanes) is 1. The lowest BCUT2D eigenvalue weighted by Gasteiger charge is -2.40. The van der Waals surface area contributed by atoms with Gasteiger partial charge in [0.25, 0.3) is 0 Å². The maximum Gasteiger partial charge on any atom is 0.303 e. The summed E-state index contributed by atoms with van der Waals surface area (Å²) < 4.78 is 15.5. The van der Waals surface area contributed by atoms with Gasteiger partial charge in [0.2, 0.25) is 0 Å². The number of esters is 1. The van der Waals surface area contributed by atoms with Gasteiger partial charge < -0.3 is 35.3 Å². The van der Waals surface area contributed by atoms with Crippen LogP contribution in [0.2, 0.25) is 0 Å². The van der Waals surface area contributed by atoms with Crippen LogP contribution in [-0.2, 0) is 23.8 Å². The summed E-state index contributed by atoms with van der Waals surface area (Å²) in [5.41, 5.74) is 5.73. The Morgan fingerprint density at radius 1 is 1.23 bits per heavy atom. The molecule has 5 unspecified atom stereocenters. The summed E-state index contributed by atoms with van der Waals surface area (Å²) in [7, 11) is 0. The van der Waals surface area contributed by atoms with Crippen LogP contribution in [0.5, 0.6) is 0 Å². The average Bonchev–Trinajstić information content (AvgIpc) is 2.45. The molecule has 0 aromatic rings. The number of carboxylic acid groups (broad SMARTS) is 1. The van der Waals surface area contributed by atoms with E-state index in [4.69, 9.17) is 25.1 Å². The second-order valence-electron chi connectivity index (χ2n) is 5.13. The standard InChI is InChI=1S/C13H23NO8/c1-7(15)21-6-8-11(18)12(19)10(14)13(22-8)20-5-3-2-4-9(16)17/h8,10-13,18-19H,2-6,14H2,1H3,(H,16,17). The quantitative estimate of drug-likeness (QED) is 0.312. The maximum absolute atomic E-state index is 10.8. The van der Waals surface area contributed by atoms with Crippen molar-refractivity contribution in [2.45, 2.75) is 56.8 Å². The van der Waals surface area contributed by atoms with E-state index in [1.807, 2.05) is 0 Å². The van der Waals surface area contributed by atoms with Crippen molar-refractivity contribution in [2.75, 3.05) is 13.2 Å². The van der Waals surface area contributed by atoms with Crippen LogP contribution in [0.15, 0.2) is 0 Å². The number of nitrogens with two attached hydrogens (primary N) is 1. The van der Waals surface area contributed by atoms with E-state index >= 15 is 0 Å². The van der Waals surface area contributed by atoms with Gasteiger partial charge in [0.05, 0.1) is 6.04 Å². The highest BCUT2D eigenvalue weighted by molar-refractivity contribution is 5.66. The van der Waals surface area contributed by atoms with Crippen LogP contribution in [0.3, 0.4) is 0 Å². The maximum atomic E-state index is 10.8. The first-order valence-corrected chi connectivity index (χ1v) is 7.07. The Kier molecular flexibility index (Phi) is 7.69. The molecule has 0 aromatic heterocycles. The molecule has 1 heterocycles. The molecule has 1 rings (SSSR count). The zero-order chi connectivity index (χ0) is 16.7. The molecular weight excluding hydrogens is 298 g/mol. The highest BCUT2D eigenvalue weighted by Crippen LogP contribution is 2.21. The Labute approximate surface area is 127 Å². The molecule has 9 heteroatoms. The van der Waals surface area contributed by atoms with Gasteiger partial charge in [0.15, 0.2) is 6.29 Å². The smallest absolute Gasteiger partial charge is 0.303 e. The summed E-state index contributed by atoms with van der Waals surface area (Å²) in [5.74, 6) is -1.42. The number of ether oxygens (including phenoxy) is 3. The largest absolute Gasteiger partial charge is 0.481 e. The van der Waals surface area contributed by atoms with E-state index in [-0.39, 0.29) is 19.6 Å². The van der Waals surface area contributed by atoms with E-state index in [9.17, 15) is 19.8 Å². The van der Waals surface area contributed by atoms with Crippen molar-refractivity contribution in [3.05, 3.63) is 0 Å². The number of rotatable bonds is 8. The van der Waals surface area contributed by atoms with E-state index in [0.29, 0.717) is 12.8 Å². The summed E-state index contributed by atoms with van der Waals surface area (Å²) in [4.78, 5) is 21.2. The molecule has 0 radical (unpaired) electrons. The van der Waals surface area contributed by atoms with Gasteiger partial charge in [-0.1, -0.05) is 0 Å². The monoisotopic (exact) mass is 321 g/mol. The molecule has 0 amide bonds. The highest BCUT2D eigenvalue weighted by Gasteiger charge is 2.43. The van der Waals surface area contributed by atoms with Crippen LogP contribution >= 0.6 is 0 Å². The summed E-state index contributed by atoms with van der Waals surface area (Å²) in [6.45, 7) is 1.20. The first kappa shape index (κ1) is 18.8. The Hall–Kier alpha value is -1.26. The van der Waals surface area contributed by atoms with Gasteiger partial charge in [-0.05, 0) is 12.8 Å². The summed E-state index contributed by atoms with van der Waals surface area (Å²) >= 11 is 0. The van der Waals surface area contributed by atoms with Crippen molar-refractivity contribution in [3.8, 4) is 0 Å². The molecule has 0 aromatic carbocycles. The van der Waals surface area contributed by atoms with E-state index in [1.165, 1.54) is 6.92 Å². The first-order chi connectivity index (χ1) is 10.3. The number of carbonyl (C=O) groups excluding carboxylic acids is 1. The summed E-state index contributed by atoms with van der Waals surface area (Å²) in [5, 5.41) is 28.2. The van der Waals surface area contributed by atoms with Gasteiger partial charge in [-0.15, -0.1) is 0 Å². The first-order valence-electron chi connectivity index (χ1n) is 7.07. The number of aliphatic carboxylic acids is 1. The summed E-state index contributed by atoms with van der Waals surface area (Å²) in [6, 6.07) is -0.956. The van der Waals surface area contributed by atoms with E-state index in [2.05, 4.69) is 0 Å². The van der Waals surface area contributed by atoms with Crippen molar-refractivity contribution in [1.82, 2.24) is 0 Å². The number of carbonyl (C=O) groups is 2. The number of hydrogen-bond acceptors (Lipinski definition) is 8. The Bertz CT molecular complexity index is 377. The predicted molar refractivity (Wildman–Crippen MR) is 72.7 cm³/mol. The van der Waals surface area contributed by atoms with E-state index < -0.39 is 42.6 Å². The second-order valence-corrected chi connectivity index (χ2v) is 5.13. The van der Waals surface area contributed by atoms with Crippen molar-refractivity contribution >= 4 is 11.9 Å². The molecule has 5 N–H and O–H groups in total. The molecule has 0 spiro atoms. The van der Waals surface area contributed by atoms with E-state index in [1.54, 1.807) is 0 Å². The van der Waals surface area contributed by atoms with Crippen LogP contribution in [0.4, 0.5) is 0 Å². The SMILES string of the molecule is CC(=O)OCC1OC(OCCCCC(=O)O)C(N)C(O)C1O. The minimum atomic E-state index is -1.29. The van der Waals surface area contributed by atoms with Gasteiger partial charge in [-0.3, -0.25) is 9.59 Å². The van der Waals surface area contributed by atoms with Crippen molar-refractivity contribution in [3.63, 3.8) is 0 Å². The molecule has 0 aliphatic carbocycles. The lowest BCUT2D eigenvalue weighted by atomic mass is 9.98. The lowest BCUT2D eigenvalue weighted by Crippen LogP contribution is -2.62. The third-order valence-corrected chi connectivity index (χ3v) is 3.27. The fourth-order valence-electron chi connectivity index (χ4n) is 2.02. The minimum Gasteiger partial charge on any atom is -0.481 e. The van der Waals surface area contributed by atoms with Crippen LogP contribution in [0, 0.1) is 0 Å². The van der Waals surface area contributed by atoms with Crippen molar-refractivity contribution in [1.29, 1.82) is 0 Å². The highest BCUT2D eigenvalue weighted by atomic mass is 16.7. The fraction of sp³-hybridized carbons (Fsp3) is 0.846. The van der Waals surface area contributed by atoms with Crippen LogP contribution in [-0.4, -0.2) is 71.1 Å². The molecule has 0 bridgehead atoms. The van der Waals surface area contributed by atoms with Crippen LogP contribution < -0.4 is 5.73 Å². The average molecular weight is 321 g/mol. The van der Waals surface area contributed by atoms with Crippen LogP contribution in [0.25, 0.3) is 0 Å². The van der Waals surface area contributed by atoms with Gasteiger partial charge in [0.1, 0.15) is 24.9 Å². The Morgan fingerprint density at radius 2 is 1.91 bits per heavy atom. The molecule has 1 aliphatic rings. The Balaban J connectivity index is 2.43. The molecule has 0 saturated carbocycles. The predicted octanol–water partition coefficient (Wildman–Crippen LogP) is -1.40. The zero-order valence-electron chi connectivity index (χ0n) is 12.4. The molecular formula is C13H23NO8. The van der Waals surface area contributed by atoms with Gasteiger partial charge in [-0.25, -0.2) is 0 Å². The lowest BCUT2D eigenvalue weighted by molar-refractivity contribution is -0.267. The third-order valence-electron chi connectivity index (χ3n) is 3.27. The Morgan fingerprint density at radius 3 is 2.50 bits per heavy atom. The molecule has 9 nitrogen and oxygen atoms in total. The topological polar surface area (TPSA) is 149 Å². The van der Waals surface area contributed by atoms with Crippen molar-refractivity contribution in [2.24, 2.45) is 5.73 Å². The number of carboxylic acids is 1. The van der Waals surface area contributed by atoms with Crippen LogP contribution in [0.1, 0.15) is 26.2 Å². The number of aliphatic hydroxyl groups excluding tert-OH is 2. The molecule has 5 atom stereocenters. The minimum absolute atomic E-state index is 0.0390. The second kappa shape index (κ2) is 9.01. The van der Waals surface area contributed by atoms with Crippen molar-refractivity contribution < 1.29 is 39.1 Å².